The van der Waals surface area contributed by atoms with Gasteiger partial charge in [0.05, 0.1) is 11.4 Å². The number of hydrogen-bond donors (Lipinski definition) is 2. The maximum atomic E-state index is 12.8. The number of carbonyl (C=O) groups excluding carboxylic acids is 1. The molecule has 1 unspecified atom stereocenters. The lowest BCUT2D eigenvalue weighted by Gasteiger charge is -2.10. The SMILES string of the molecule is O=C1Nc2ccccc2C1c1[nH]c(-c2ccccc2)nc1-c1ccc(Br)cc1. The Morgan fingerprint density at radius 2 is 1.54 bits per heavy atom. The summed E-state index contributed by atoms with van der Waals surface area (Å²) >= 11 is 3.48. The summed E-state index contributed by atoms with van der Waals surface area (Å²) < 4.78 is 1.00. The van der Waals surface area contributed by atoms with Gasteiger partial charge in [0.15, 0.2) is 0 Å². The highest BCUT2D eigenvalue weighted by Gasteiger charge is 2.35. The van der Waals surface area contributed by atoms with E-state index >= 15 is 0 Å². The minimum Gasteiger partial charge on any atom is -0.340 e. The van der Waals surface area contributed by atoms with Crippen LogP contribution in [0.5, 0.6) is 0 Å². The van der Waals surface area contributed by atoms with Gasteiger partial charge in [0.25, 0.3) is 0 Å². The maximum absolute atomic E-state index is 12.8. The minimum absolute atomic E-state index is 0.0391. The quantitative estimate of drug-likeness (QED) is 0.445. The summed E-state index contributed by atoms with van der Waals surface area (Å²) in [6.07, 6.45) is 0. The summed E-state index contributed by atoms with van der Waals surface area (Å²) in [5, 5.41) is 2.99. The molecule has 0 spiro atoms. The Kier molecular flexibility index (Phi) is 4.10. The Balaban J connectivity index is 1.71. The zero-order valence-corrected chi connectivity index (χ0v) is 16.4. The van der Waals surface area contributed by atoms with Crippen LogP contribution in [0, 0.1) is 0 Å². The van der Waals surface area contributed by atoms with Crippen molar-refractivity contribution in [2.75, 3.05) is 5.32 Å². The van der Waals surface area contributed by atoms with Crippen molar-refractivity contribution in [2.45, 2.75) is 5.92 Å². The van der Waals surface area contributed by atoms with Gasteiger partial charge < -0.3 is 10.3 Å². The van der Waals surface area contributed by atoms with Crippen molar-refractivity contribution in [1.29, 1.82) is 0 Å². The molecule has 4 aromatic rings. The van der Waals surface area contributed by atoms with Crippen LogP contribution in [0.3, 0.4) is 0 Å². The van der Waals surface area contributed by atoms with E-state index in [0.29, 0.717) is 0 Å². The van der Waals surface area contributed by atoms with Crippen LogP contribution in [0.4, 0.5) is 5.69 Å². The number of benzene rings is 3. The molecule has 2 N–H and O–H groups in total. The van der Waals surface area contributed by atoms with E-state index < -0.39 is 5.92 Å². The molecular weight excluding hydrogens is 414 g/mol. The van der Waals surface area contributed by atoms with Gasteiger partial charge >= 0.3 is 0 Å². The number of aromatic amines is 1. The number of aromatic nitrogens is 2. The molecule has 1 aromatic heterocycles. The predicted octanol–water partition coefficient (Wildman–Crippen LogP) is 5.59. The van der Waals surface area contributed by atoms with Gasteiger partial charge in [0.2, 0.25) is 5.91 Å². The van der Waals surface area contributed by atoms with Crippen LogP contribution >= 0.6 is 15.9 Å². The van der Waals surface area contributed by atoms with E-state index in [1.54, 1.807) is 0 Å². The number of nitrogens with one attached hydrogen (secondary N) is 2. The van der Waals surface area contributed by atoms with Crippen molar-refractivity contribution in [1.82, 2.24) is 9.97 Å². The zero-order chi connectivity index (χ0) is 19.1. The van der Waals surface area contributed by atoms with Crippen LogP contribution in [-0.2, 0) is 4.79 Å². The number of hydrogen-bond acceptors (Lipinski definition) is 2. The first-order valence-electron chi connectivity index (χ1n) is 9.02. The summed E-state index contributed by atoms with van der Waals surface area (Å²) in [5.74, 6) is 0.299. The van der Waals surface area contributed by atoms with Gasteiger partial charge in [0.1, 0.15) is 11.7 Å². The number of H-pyrrole nitrogens is 1. The van der Waals surface area contributed by atoms with E-state index in [0.717, 1.165) is 44.1 Å². The molecule has 0 aliphatic carbocycles. The number of carbonyl (C=O) groups is 1. The highest BCUT2D eigenvalue weighted by atomic mass is 79.9. The number of halogens is 1. The lowest BCUT2D eigenvalue weighted by molar-refractivity contribution is -0.116. The zero-order valence-electron chi connectivity index (χ0n) is 14.8. The first kappa shape index (κ1) is 17.0. The molecule has 1 aliphatic heterocycles. The number of nitrogens with zero attached hydrogens (tertiary/aromatic N) is 1. The Morgan fingerprint density at radius 3 is 2.32 bits per heavy atom. The number of fused-ring (bicyclic) bond motifs is 1. The number of anilines is 1. The van der Waals surface area contributed by atoms with E-state index in [4.69, 9.17) is 4.98 Å². The van der Waals surface area contributed by atoms with Crippen molar-refractivity contribution in [3.8, 4) is 22.6 Å². The largest absolute Gasteiger partial charge is 0.340 e. The molecule has 28 heavy (non-hydrogen) atoms. The Hall–Kier alpha value is -3.18. The second-order valence-corrected chi connectivity index (χ2v) is 7.65. The third-order valence-electron chi connectivity index (χ3n) is 4.98. The fourth-order valence-corrected chi connectivity index (χ4v) is 3.92. The molecule has 136 valence electrons. The van der Waals surface area contributed by atoms with Crippen LogP contribution in [-0.4, -0.2) is 15.9 Å². The molecule has 1 atom stereocenters. The van der Waals surface area contributed by atoms with Gasteiger partial charge in [-0.05, 0) is 23.8 Å². The van der Waals surface area contributed by atoms with E-state index in [9.17, 15) is 4.79 Å². The highest BCUT2D eigenvalue weighted by Crippen LogP contribution is 2.41. The van der Waals surface area contributed by atoms with Crippen molar-refractivity contribution < 1.29 is 4.79 Å². The number of imidazole rings is 1. The highest BCUT2D eigenvalue weighted by molar-refractivity contribution is 9.10. The number of rotatable bonds is 3. The van der Waals surface area contributed by atoms with E-state index in [2.05, 4.69) is 26.2 Å². The maximum Gasteiger partial charge on any atom is 0.238 e. The molecule has 0 saturated carbocycles. The molecule has 0 saturated heterocycles. The van der Waals surface area contributed by atoms with Crippen LogP contribution in [0.15, 0.2) is 83.3 Å². The second kappa shape index (κ2) is 6.77. The fourth-order valence-electron chi connectivity index (χ4n) is 3.65. The summed E-state index contributed by atoms with van der Waals surface area (Å²) in [6, 6.07) is 25.8. The monoisotopic (exact) mass is 429 g/mol. The number of para-hydroxylation sites is 1. The average Bonchev–Trinajstić information content (AvgIpc) is 3.29. The average molecular weight is 430 g/mol. The lowest BCUT2D eigenvalue weighted by Crippen LogP contribution is -2.14. The van der Waals surface area contributed by atoms with Crippen molar-refractivity contribution in [3.63, 3.8) is 0 Å². The number of amides is 1. The molecule has 0 radical (unpaired) electrons. The van der Waals surface area contributed by atoms with Crippen LogP contribution < -0.4 is 5.32 Å². The molecule has 5 heteroatoms. The molecule has 1 amide bonds. The molecule has 2 heterocycles. The predicted molar refractivity (Wildman–Crippen MR) is 114 cm³/mol. The summed E-state index contributed by atoms with van der Waals surface area (Å²) in [7, 11) is 0. The third kappa shape index (κ3) is 2.84. The van der Waals surface area contributed by atoms with Crippen molar-refractivity contribution >= 4 is 27.5 Å². The molecule has 3 aromatic carbocycles. The Bertz CT molecular complexity index is 1170. The van der Waals surface area contributed by atoms with E-state index in [1.807, 2.05) is 78.9 Å². The van der Waals surface area contributed by atoms with Gasteiger partial charge in [-0.25, -0.2) is 4.98 Å². The van der Waals surface area contributed by atoms with Gasteiger partial charge in [-0.15, -0.1) is 0 Å². The van der Waals surface area contributed by atoms with Gasteiger partial charge in [-0.1, -0.05) is 76.6 Å². The molecule has 1 aliphatic rings. The summed E-state index contributed by atoms with van der Waals surface area (Å²) in [6.45, 7) is 0. The molecule has 4 nitrogen and oxygen atoms in total. The van der Waals surface area contributed by atoms with E-state index in [1.165, 1.54) is 0 Å². The third-order valence-corrected chi connectivity index (χ3v) is 5.51. The minimum atomic E-state index is -0.417. The van der Waals surface area contributed by atoms with Gasteiger partial charge in [-0.3, -0.25) is 4.79 Å². The van der Waals surface area contributed by atoms with Crippen LogP contribution in [0.1, 0.15) is 17.2 Å². The van der Waals surface area contributed by atoms with Crippen LogP contribution in [0.2, 0.25) is 0 Å². The molecule has 5 rings (SSSR count). The van der Waals surface area contributed by atoms with Gasteiger partial charge in [-0.2, -0.15) is 0 Å². The normalized spacial score (nSPS) is 15.3. The summed E-state index contributed by atoms with van der Waals surface area (Å²) in [4.78, 5) is 21.2. The Morgan fingerprint density at radius 1 is 0.821 bits per heavy atom. The second-order valence-electron chi connectivity index (χ2n) is 6.73. The molecule has 0 fully saturated rings. The smallest absolute Gasteiger partial charge is 0.238 e. The van der Waals surface area contributed by atoms with Crippen LogP contribution in [0.25, 0.3) is 22.6 Å². The van der Waals surface area contributed by atoms with Crippen molar-refractivity contribution in [2.24, 2.45) is 0 Å². The molecule has 0 bridgehead atoms. The first-order valence-corrected chi connectivity index (χ1v) is 9.81. The molecular formula is C23H16BrN3O. The standard InChI is InChI=1S/C23H16BrN3O/c24-16-12-10-14(11-13-16)20-21(27-22(26-20)15-6-2-1-3-7-15)19-17-8-4-5-9-18(17)25-23(19)28/h1-13,19H,(H,25,28)(H,26,27). The lowest BCUT2D eigenvalue weighted by atomic mass is 9.94. The topological polar surface area (TPSA) is 57.8 Å². The fraction of sp³-hybridized carbons (Fsp3) is 0.0435. The van der Waals surface area contributed by atoms with Gasteiger partial charge in [0, 0.05) is 21.3 Å². The van der Waals surface area contributed by atoms with E-state index in [-0.39, 0.29) is 5.91 Å². The first-order chi connectivity index (χ1) is 13.7. The summed E-state index contributed by atoms with van der Waals surface area (Å²) in [5.41, 5.74) is 5.38. The van der Waals surface area contributed by atoms with Crippen molar-refractivity contribution in [3.05, 3.63) is 94.6 Å². The Labute approximate surface area is 170 Å².